The molecule has 0 aliphatic carbocycles. The average molecular weight is 568 g/mol. The molecular formula is C32H48F3NO4. The van der Waals surface area contributed by atoms with Crippen molar-refractivity contribution in [2.45, 2.75) is 86.9 Å². The van der Waals surface area contributed by atoms with Gasteiger partial charge in [-0.1, -0.05) is 65.8 Å². The summed E-state index contributed by atoms with van der Waals surface area (Å²) in [6.07, 6.45) is 1.86. The highest BCUT2D eigenvalue weighted by molar-refractivity contribution is 5.94. The van der Waals surface area contributed by atoms with Crippen LogP contribution in [0.15, 0.2) is 61.2 Å². The number of carbonyl (C=O) groups is 1. The molecule has 0 amide bonds. The Morgan fingerprint density at radius 2 is 1.52 bits per heavy atom. The Balaban J connectivity index is 0. The first-order chi connectivity index (χ1) is 18.3. The number of ketones is 1. The fourth-order valence-corrected chi connectivity index (χ4v) is 3.03. The van der Waals surface area contributed by atoms with E-state index in [0.29, 0.717) is 28.5 Å². The van der Waals surface area contributed by atoms with Crippen LogP contribution < -0.4 is 4.90 Å². The number of anilines is 1. The number of allylic oxidation sites excluding steroid dienone is 2. The van der Waals surface area contributed by atoms with E-state index >= 15 is 0 Å². The molecule has 0 aliphatic rings. The number of benzene rings is 2. The number of aromatic hydroxyl groups is 3. The quantitative estimate of drug-likeness (QED) is 0.134. The summed E-state index contributed by atoms with van der Waals surface area (Å²) < 4.78 is 37.6. The Morgan fingerprint density at radius 1 is 1.02 bits per heavy atom. The van der Waals surface area contributed by atoms with E-state index in [1.54, 1.807) is 26.0 Å². The number of hydrogen-bond donors (Lipinski definition) is 3. The zero-order valence-corrected chi connectivity index (χ0v) is 25.3. The minimum absolute atomic E-state index is 0.0628. The first kappa shape index (κ1) is 38.7. The monoisotopic (exact) mass is 567 g/mol. The lowest BCUT2D eigenvalue weighted by Crippen LogP contribution is -2.34. The highest BCUT2D eigenvalue weighted by Gasteiger charge is 2.34. The molecule has 40 heavy (non-hydrogen) atoms. The van der Waals surface area contributed by atoms with Crippen molar-refractivity contribution in [1.29, 1.82) is 0 Å². The smallest absolute Gasteiger partial charge is 0.484 e. The summed E-state index contributed by atoms with van der Waals surface area (Å²) in [5, 5.41) is 26.6. The van der Waals surface area contributed by atoms with E-state index in [1.807, 2.05) is 6.08 Å². The van der Waals surface area contributed by atoms with Crippen LogP contribution in [-0.2, 0) is 11.2 Å². The summed E-state index contributed by atoms with van der Waals surface area (Å²) in [5.74, 6) is -1.13. The Morgan fingerprint density at radius 3 is 1.88 bits per heavy atom. The number of rotatable bonds is 7. The standard InChI is InChI=1S/C14H16F3NO.C7H8O3.C7H16.C4H8/c1-10(2)13(19)8-7-11-5-4-6-12(9-11)18(3)14(15,16)17;1-4-2-5(8)7(10)6(9)3-4;1-5-6-7(2,3)4;1-3-4-2/h4-6,9H,1,7-8H2,2-3H3;2-3,8-10H,1H3;5-6H2,1-4H3;3H,1,4H2,2H3. The molecule has 0 bridgehead atoms. The van der Waals surface area contributed by atoms with Gasteiger partial charge < -0.3 is 15.3 Å². The van der Waals surface area contributed by atoms with E-state index < -0.39 is 12.0 Å². The molecule has 0 spiro atoms. The molecule has 0 radical (unpaired) electrons. The largest absolute Gasteiger partial charge is 0.504 e. The molecule has 8 heteroatoms. The number of halogens is 3. The van der Waals surface area contributed by atoms with Crippen LogP contribution >= 0.6 is 0 Å². The topological polar surface area (TPSA) is 81.0 Å². The van der Waals surface area contributed by atoms with Crippen LogP contribution in [0.3, 0.4) is 0 Å². The van der Waals surface area contributed by atoms with Gasteiger partial charge in [0.1, 0.15) is 0 Å². The lowest BCUT2D eigenvalue weighted by atomic mass is 9.91. The second-order valence-corrected chi connectivity index (χ2v) is 10.6. The predicted octanol–water partition coefficient (Wildman–Crippen LogP) is 9.25. The Hall–Kier alpha value is -3.42. The van der Waals surface area contributed by atoms with Crippen molar-refractivity contribution in [1.82, 2.24) is 0 Å². The number of nitrogens with zero attached hydrogens (tertiary/aromatic N) is 1. The van der Waals surface area contributed by atoms with Crippen molar-refractivity contribution >= 4 is 11.5 Å². The zero-order chi connectivity index (χ0) is 31.7. The molecule has 226 valence electrons. The van der Waals surface area contributed by atoms with Gasteiger partial charge >= 0.3 is 6.30 Å². The van der Waals surface area contributed by atoms with Crippen LogP contribution in [0.1, 0.15) is 78.4 Å². The molecule has 0 atom stereocenters. The number of phenolic OH excluding ortho intramolecular Hbond substituents is 3. The molecule has 0 aromatic heterocycles. The predicted molar refractivity (Wildman–Crippen MR) is 160 cm³/mol. The maximum atomic E-state index is 12.5. The SMILES string of the molecule is C=C(C)C(=O)CCc1cccc(N(C)C(F)(F)F)c1.C=CCC.CCCC(C)(C)C.Cc1cc(O)c(O)c(O)c1. The van der Waals surface area contributed by atoms with E-state index in [4.69, 9.17) is 15.3 Å². The summed E-state index contributed by atoms with van der Waals surface area (Å²) >= 11 is 0. The van der Waals surface area contributed by atoms with Crippen molar-refractivity contribution in [3.8, 4) is 17.2 Å². The van der Waals surface area contributed by atoms with Gasteiger partial charge in [-0.3, -0.25) is 9.69 Å². The summed E-state index contributed by atoms with van der Waals surface area (Å²) in [4.78, 5) is 11.7. The van der Waals surface area contributed by atoms with Crippen LogP contribution in [0.25, 0.3) is 0 Å². The van der Waals surface area contributed by atoms with Crippen LogP contribution in [0.2, 0.25) is 0 Å². The third kappa shape index (κ3) is 18.0. The molecule has 0 aliphatic heterocycles. The van der Waals surface area contributed by atoms with E-state index in [0.717, 1.165) is 13.5 Å². The average Bonchev–Trinajstić information content (AvgIpc) is 2.85. The Kier molecular flexibility index (Phi) is 18.2. The van der Waals surface area contributed by atoms with Crippen LogP contribution in [0.4, 0.5) is 18.9 Å². The highest BCUT2D eigenvalue weighted by Crippen LogP contribution is 2.34. The van der Waals surface area contributed by atoms with Crippen LogP contribution in [-0.4, -0.2) is 34.5 Å². The normalized spacial score (nSPS) is 10.5. The second kappa shape index (κ2) is 18.8. The van der Waals surface area contributed by atoms with Gasteiger partial charge in [0.25, 0.3) is 0 Å². The molecule has 2 aromatic carbocycles. The minimum Gasteiger partial charge on any atom is -0.504 e. The molecule has 0 fully saturated rings. The molecular weight excluding hydrogens is 519 g/mol. The molecule has 2 aromatic rings. The molecule has 0 saturated carbocycles. The molecule has 0 heterocycles. The fraction of sp³-hybridized carbons (Fsp3) is 0.469. The molecule has 5 nitrogen and oxygen atoms in total. The number of hydrogen-bond acceptors (Lipinski definition) is 5. The third-order valence-electron chi connectivity index (χ3n) is 5.30. The van der Waals surface area contributed by atoms with Gasteiger partial charge in [-0.05, 0) is 79.5 Å². The van der Waals surface area contributed by atoms with E-state index in [2.05, 4.69) is 47.8 Å². The van der Waals surface area contributed by atoms with E-state index in [-0.39, 0.29) is 34.3 Å². The van der Waals surface area contributed by atoms with Crippen molar-refractivity contribution in [3.05, 3.63) is 72.3 Å². The van der Waals surface area contributed by atoms with Gasteiger partial charge in [0.05, 0.1) is 0 Å². The zero-order valence-electron chi connectivity index (χ0n) is 25.3. The van der Waals surface area contributed by atoms with Gasteiger partial charge in [0.2, 0.25) is 0 Å². The number of Topliss-reactive ketones (excluding diaryl/α,β-unsaturated/α-hetero) is 1. The maximum Gasteiger partial charge on any atom is 0.484 e. The van der Waals surface area contributed by atoms with Gasteiger partial charge in [-0.2, -0.15) is 13.2 Å². The van der Waals surface area contributed by atoms with Crippen molar-refractivity contribution in [2.24, 2.45) is 5.41 Å². The van der Waals surface area contributed by atoms with Crippen molar-refractivity contribution in [2.75, 3.05) is 11.9 Å². The van der Waals surface area contributed by atoms with Crippen LogP contribution in [0, 0.1) is 12.3 Å². The first-order valence-corrected chi connectivity index (χ1v) is 13.2. The summed E-state index contributed by atoms with van der Waals surface area (Å²) in [6, 6.07) is 8.83. The van der Waals surface area contributed by atoms with E-state index in [9.17, 15) is 18.0 Å². The minimum atomic E-state index is -4.41. The third-order valence-corrected chi connectivity index (χ3v) is 5.30. The Labute approximate surface area is 238 Å². The molecule has 0 unspecified atom stereocenters. The first-order valence-electron chi connectivity index (χ1n) is 13.2. The van der Waals surface area contributed by atoms with Crippen molar-refractivity contribution < 1.29 is 33.3 Å². The lowest BCUT2D eigenvalue weighted by Gasteiger charge is -2.22. The molecule has 2 rings (SSSR count). The highest BCUT2D eigenvalue weighted by atomic mass is 19.4. The molecule has 3 N–H and O–H groups in total. The van der Waals surface area contributed by atoms with Gasteiger partial charge in [-0.25, -0.2) is 0 Å². The van der Waals surface area contributed by atoms with Crippen LogP contribution in [0.5, 0.6) is 17.2 Å². The number of carbonyl (C=O) groups excluding carboxylic acids is 1. The number of phenols is 3. The van der Waals surface area contributed by atoms with Crippen molar-refractivity contribution in [3.63, 3.8) is 0 Å². The summed E-state index contributed by atoms with van der Waals surface area (Å²) in [6.45, 7) is 21.5. The number of aryl methyl sites for hydroxylation is 2. The van der Waals surface area contributed by atoms with E-state index in [1.165, 1.54) is 37.1 Å². The second-order valence-electron chi connectivity index (χ2n) is 10.6. The van der Waals surface area contributed by atoms with Gasteiger partial charge in [0.15, 0.2) is 23.0 Å². The summed E-state index contributed by atoms with van der Waals surface area (Å²) in [5.41, 5.74) is 2.47. The summed E-state index contributed by atoms with van der Waals surface area (Å²) in [7, 11) is 0.970. The van der Waals surface area contributed by atoms with Gasteiger partial charge in [-0.15, -0.1) is 6.58 Å². The fourth-order valence-electron chi connectivity index (χ4n) is 3.03. The number of alkyl halides is 3. The molecule has 0 saturated heterocycles. The Bertz CT molecular complexity index is 1030. The van der Waals surface area contributed by atoms with Gasteiger partial charge in [0, 0.05) is 19.2 Å². The lowest BCUT2D eigenvalue weighted by molar-refractivity contribution is -0.125. The maximum absolute atomic E-state index is 12.5.